The Morgan fingerprint density at radius 2 is 1.89 bits per heavy atom. The Morgan fingerprint density at radius 3 is 2.54 bits per heavy atom. The summed E-state index contributed by atoms with van der Waals surface area (Å²) in [5, 5.41) is 4.05. The zero-order valence-corrected chi connectivity index (χ0v) is 16.3. The van der Waals surface area contributed by atoms with Crippen molar-refractivity contribution in [3.8, 4) is 11.1 Å². The quantitative estimate of drug-likeness (QED) is 0.695. The molecule has 3 aromatic heterocycles. The van der Waals surface area contributed by atoms with Gasteiger partial charge in [-0.05, 0) is 51.3 Å². The Balaban J connectivity index is 1.46. The van der Waals surface area contributed by atoms with Gasteiger partial charge in [-0.2, -0.15) is 0 Å². The van der Waals surface area contributed by atoms with Crippen LogP contribution >= 0.6 is 0 Å². The van der Waals surface area contributed by atoms with Crippen molar-refractivity contribution in [3.05, 3.63) is 59.3 Å². The van der Waals surface area contributed by atoms with Crippen LogP contribution in [0.1, 0.15) is 52.1 Å². The lowest BCUT2D eigenvalue weighted by molar-refractivity contribution is 0.0705. The van der Waals surface area contributed by atoms with Gasteiger partial charge in [0.25, 0.3) is 5.91 Å². The van der Waals surface area contributed by atoms with Gasteiger partial charge in [0.15, 0.2) is 0 Å². The topological polar surface area (TPSA) is 85.0 Å². The third-order valence-electron chi connectivity index (χ3n) is 5.30. The normalized spacial score (nSPS) is 15.0. The number of rotatable bonds is 3. The molecule has 1 aliphatic heterocycles. The van der Waals surface area contributed by atoms with Crippen molar-refractivity contribution in [1.82, 2.24) is 25.0 Å². The predicted molar refractivity (Wildman–Crippen MR) is 104 cm³/mol. The maximum atomic E-state index is 12.6. The average molecular weight is 377 g/mol. The standard InChI is InChI=1S/C21H23N5O2/c1-13-11-24-19(12-23-13)21(27)26-8-5-16(6-9-26)18-10-17(4-7-22-18)20-14(2)25-28-15(20)3/h4,7,10-12,16H,5-6,8-9H2,1-3H3. The number of aromatic nitrogens is 4. The number of pyridine rings is 1. The van der Waals surface area contributed by atoms with Gasteiger partial charge < -0.3 is 9.42 Å². The fourth-order valence-corrected chi connectivity index (χ4v) is 3.77. The van der Waals surface area contributed by atoms with Crippen LogP contribution in [0.5, 0.6) is 0 Å². The molecule has 0 radical (unpaired) electrons. The second kappa shape index (κ2) is 7.50. The second-order valence-electron chi connectivity index (χ2n) is 7.28. The van der Waals surface area contributed by atoms with Gasteiger partial charge in [0.1, 0.15) is 11.5 Å². The first-order chi connectivity index (χ1) is 13.5. The number of carbonyl (C=O) groups excluding carboxylic acids is 1. The monoisotopic (exact) mass is 377 g/mol. The molecule has 0 unspecified atom stereocenters. The summed E-state index contributed by atoms with van der Waals surface area (Å²) in [6, 6.07) is 4.12. The summed E-state index contributed by atoms with van der Waals surface area (Å²) in [6.07, 6.45) is 6.78. The molecule has 0 saturated carbocycles. The molecule has 3 aromatic rings. The van der Waals surface area contributed by atoms with Crippen molar-refractivity contribution in [1.29, 1.82) is 0 Å². The Kier molecular flexibility index (Phi) is 4.90. The summed E-state index contributed by atoms with van der Waals surface area (Å²) in [4.78, 5) is 27.5. The largest absolute Gasteiger partial charge is 0.361 e. The summed E-state index contributed by atoms with van der Waals surface area (Å²) in [5.74, 6) is 1.09. The molecule has 4 rings (SSSR count). The van der Waals surface area contributed by atoms with Crippen LogP contribution < -0.4 is 0 Å². The molecule has 0 aromatic carbocycles. The summed E-state index contributed by atoms with van der Waals surface area (Å²) in [5.41, 5.74) is 5.26. The van der Waals surface area contributed by atoms with Crippen molar-refractivity contribution in [2.24, 2.45) is 0 Å². The Bertz CT molecular complexity index is 969. The van der Waals surface area contributed by atoms with Crippen molar-refractivity contribution >= 4 is 5.91 Å². The molecule has 1 aliphatic rings. The van der Waals surface area contributed by atoms with Crippen molar-refractivity contribution < 1.29 is 9.32 Å². The highest BCUT2D eigenvalue weighted by molar-refractivity contribution is 5.92. The van der Waals surface area contributed by atoms with Gasteiger partial charge >= 0.3 is 0 Å². The lowest BCUT2D eigenvalue weighted by Crippen LogP contribution is -2.38. The molecule has 7 nitrogen and oxygen atoms in total. The van der Waals surface area contributed by atoms with E-state index in [1.807, 2.05) is 37.9 Å². The zero-order chi connectivity index (χ0) is 19.7. The molecule has 0 N–H and O–H groups in total. The highest BCUT2D eigenvalue weighted by Crippen LogP contribution is 2.32. The van der Waals surface area contributed by atoms with Crippen molar-refractivity contribution in [3.63, 3.8) is 0 Å². The van der Waals surface area contributed by atoms with E-state index in [0.717, 1.165) is 46.8 Å². The zero-order valence-electron chi connectivity index (χ0n) is 16.3. The number of hydrogen-bond acceptors (Lipinski definition) is 6. The molecule has 1 saturated heterocycles. The molecule has 7 heteroatoms. The van der Waals surface area contributed by atoms with Gasteiger partial charge in [0.2, 0.25) is 0 Å². The smallest absolute Gasteiger partial charge is 0.274 e. The molecule has 144 valence electrons. The van der Waals surface area contributed by atoms with E-state index >= 15 is 0 Å². The summed E-state index contributed by atoms with van der Waals surface area (Å²) in [6.45, 7) is 7.11. The highest BCUT2D eigenvalue weighted by Gasteiger charge is 2.26. The third kappa shape index (κ3) is 3.52. The van der Waals surface area contributed by atoms with Crippen LogP contribution in [-0.4, -0.2) is 44.0 Å². The van der Waals surface area contributed by atoms with Crippen LogP contribution in [0.4, 0.5) is 0 Å². The van der Waals surface area contributed by atoms with Gasteiger partial charge in [-0.25, -0.2) is 4.98 Å². The predicted octanol–water partition coefficient (Wildman–Crippen LogP) is 3.47. The minimum absolute atomic E-state index is 0.0524. The van der Waals surface area contributed by atoms with E-state index in [1.165, 1.54) is 0 Å². The van der Waals surface area contributed by atoms with E-state index in [1.54, 1.807) is 12.4 Å². The fraction of sp³-hybridized carbons (Fsp3) is 0.381. The molecule has 0 spiro atoms. The van der Waals surface area contributed by atoms with Gasteiger partial charge in [-0.1, -0.05) is 5.16 Å². The molecule has 4 heterocycles. The number of amides is 1. The number of aryl methyl sites for hydroxylation is 3. The number of carbonyl (C=O) groups is 1. The number of nitrogens with zero attached hydrogens (tertiary/aromatic N) is 5. The molecular formula is C21H23N5O2. The van der Waals surface area contributed by atoms with Crippen LogP contribution in [0, 0.1) is 20.8 Å². The Labute approximate surface area is 163 Å². The Morgan fingerprint density at radius 1 is 1.11 bits per heavy atom. The van der Waals surface area contributed by atoms with Crippen LogP contribution in [0.25, 0.3) is 11.1 Å². The minimum atomic E-state index is -0.0524. The van der Waals surface area contributed by atoms with Gasteiger partial charge in [0.05, 0.1) is 17.6 Å². The average Bonchev–Trinajstić information content (AvgIpc) is 3.06. The first-order valence-electron chi connectivity index (χ1n) is 9.50. The lowest BCUT2D eigenvalue weighted by Gasteiger charge is -2.31. The maximum Gasteiger partial charge on any atom is 0.274 e. The van der Waals surface area contributed by atoms with Gasteiger partial charge in [-0.15, -0.1) is 0 Å². The van der Waals surface area contributed by atoms with E-state index in [0.29, 0.717) is 24.7 Å². The first-order valence-corrected chi connectivity index (χ1v) is 9.50. The number of hydrogen-bond donors (Lipinski definition) is 0. The molecular weight excluding hydrogens is 354 g/mol. The van der Waals surface area contributed by atoms with E-state index in [4.69, 9.17) is 4.52 Å². The number of likely N-dealkylation sites (tertiary alicyclic amines) is 1. The van der Waals surface area contributed by atoms with E-state index in [9.17, 15) is 4.79 Å². The SMILES string of the molecule is Cc1cnc(C(=O)N2CCC(c3cc(-c4c(C)noc4C)ccn3)CC2)cn1. The summed E-state index contributed by atoms with van der Waals surface area (Å²) < 4.78 is 5.30. The first kappa shape index (κ1) is 18.3. The van der Waals surface area contributed by atoms with E-state index in [2.05, 4.69) is 26.2 Å². The molecule has 1 amide bonds. The highest BCUT2D eigenvalue weighted by atomic mass is 16.5. The molecule has 1 fully saturated rings. The fourth-order valence-electron chi connectivity index (χ4n) is 3.77. The molecule has 0 bridgehead atoms. The van der Waals surface area contributed by atoms with Crippen LogP contribution in [0.2, 0.25) is 0 Å². The second-order valence-corrected chi connectivity index (χ2v) is 7.28. The van der Waals surface area contributed by atoms with E-state index in [-0.39, 0.29) is 5.91 Å². The van der Waals surface area contributed by atoms with Crippen LogP contribution in [0.3, 0.4) is 0 Å². The van der Waals surface area contributed by atoms with Crippen molar-refractivity contribution in [2.75, 3.05) is 13.1 Å². The summed E-state index contributed by atoms with van der Waals surface area (Å²) in [7, 11) is 0. The van der Waals surface area contributed by atoms with Crippen molar-refractivity contribution in [2.45, 2.75) is 39.5 Å². The molecule has 28 heavy (non-hydrogen) atoms. The van der Waals surface area contributed by atoms with Crippen LogP contribution in [-0.2, 0) is 0 Å². The summed E-state index contributed by atoms with van der Waals surface area (Å²) >= 11 is 0. The lowest BCUT2D eigenvalue weighted by atomic mass is 9.91. The molecule has 0 atom stereocenters. The number of piperidine rings is 1. The van der Waals surface area contributed by atoms with Gasteiger partial charge in [0, 0.05) is 42.7 Å². The minimum Gasteiger partial charge on any atom is -0.361 e. The van der Waals surface area contributed by atoms with Crippen LogP contribution in [0.15, 0.2) is 35.2 Å². The molecule has 0 aliphatic carbocycles. The Hall–Kier alpha value is -3.09. The third-order valence-corrected chi connectivity index (χ3v) is 5.30. The van der Waals surface area contributed by atoms with Gasteiger partial charge in [-0.3, -0.25) is 14.8 Å². The van der Waals surface area contributed by atoms with E-state index < -0.39 is 0 Å². The maximum absolute atomic E-state index is 12.6.